The van der Waals surface area contributed by atoms with Gasteiger partial charge in [-0.05, 0) is 60.6 Å². The van der Waals surface area contributed by atoms with Crippen LogP contribution in [-0.4, -0.2) is 11.7 Å². The van der Waals surface area contributed by atoms with E-state index in [1.165, 1.54) is 12.1 Å². The van der Waals surface area contributed by atoms with Gasteiger partial charge in [-0.3, -0.25) is 0 Å². The molecule has 2 aromatic carbocycles. The molecule has 2 N–H and O–H groups in total. The predicted octanol–water partition coefficient (Wildman–Crippen LogP) is 4.12. The van der Waals surface area contributed by atoms with Gasteiger partial charge in [0.2, 0.25) is 0 Å². The van der Waals surface area contributed by atoms with Crippen LogP contribution in [0.1, 0.15) is 5.56 Å². The van der Waals surface area contributed by atoms with Gasteiger partial charge in [-0.2, -0.15) is 0 Å². The first kappa shape index (κ1) is 14.9. The minimum atomic E-state index is -0.210. The summed E-state index contributed by atoms with van der Waals surface area (Å²) in [5, 5.41) is 6.75. The van der Waals surface area contributed by atoms with E-state index in [0.717, 1.165) is 22.1 Å². The van der Waals surface area contributed by atoms with E-state index >= 15 is 0 Å². The SMILES string of the molecule is Fc1cccc(CCNC(=S)Nc2ccc(Br)cc2)c1. The molecule has 2 nitrogen and oxygen atoms in total. The van der Waals surface area contributed by atoms with Crippen molar-refractivity contribution in [3.63, 3.8) is 0 Å². The Morgan fingerprint density at radius 3 is 2.60 bits per heavy atom. The minimum absolute atomic E-state index is 0.210. The highest BCUT2D eigenvalue weighted by Gasteiger charge is 1.99. The normalized spacial score (nSPS) is 10.1. The highest BCUT2D eigenvalue weighted by Crippen LogP contribution is 2.13. The molecule has 0 spiro atoms. The summed E-state index contributed by atoms with van der Waals surface area (Å²) < 4.78 is 14.0. The zero-order valence-corrected chi connectivity index (χ0v) is 13.1. The topological polar surface area (TPSA) is 24.1 Å². The van der Waals surface area contributed by atoms with Crippen LogP contribution in [0.25, 0.3) is 0 Å². The molecule has 0 unspecified atom stereocenters. The summed E-state index contributed by atoms with van der Waals surface area (Å²) in [6, 6.07) is 14.3. The molecule has 0 saturated carbocycles. The molecule has 0 heterocycles. The van der Waals surface area contributed by atoms with E-state index in [0.29, 0.717) is 11.7 Å². The average Bonchev–Trinajstić information content (AvgIpc) is 2.41. The van der Waals surface area contributed by atoms with Gasteiger partial charge in [-0.25, -0.2) is 4.39 Å². The van der Waals surface area contributed by atoms with E-state index in [2.05, 4.69) is 26.6 Å². The second kappa shape index (κ2) is 7.36. The van der Waals surface area contributed by atoms with Gasteiger partial charge >= 0.3 is 0 Å². The summed E-state index contributed by atoms with van der Waals surface area (Å²) in [5.41, 5.74) is 1.88. The van der Waals surface area contributed by atoms with Gasteiger partial charge in [-0.1, -0.05) is 28.1 Å². The Kier molecular flexibility index (Phi) is 5.49. The minimum Gasteiger partial charge on any atom is -0.362 e. The van der Waals surface area contributed by atoms with Crippen molar-refractivity contribution >= 4 is 38.9 Å². The molecule has 5 heteroatoms. The van der Waals surface area contributed by atoms with Crippen LogP contribution in [0.4, 0.5) is 10.1 Å². The molecule has 0 aromatic heterocycles. The second-order valence-corrected chi connectivity index (χ2v) is 5.59. The van der Waals surface area contributed by atoms with Crippen LogP contribution in [0.15, 0.2) is 53.0 Å². The summed E-state index contributed by atoms with van der Waals surface area (Å²) in [5.74, 6) is -0.210. The molecule has 104 valence electrons. The van der Waals surface area contributed by atoms with Gasteiger partial charge in [-0.15, -0.1) is 0 Å². The molecule has 0 aliphatic heterocycles. The molecule has 0 aliphatic rings. The lowest BCUT2D eigenvalue weighted by Crippen LogP contribution is -2.30. The highest BCUT2D eigenvalue weighted by molar-refractivity contribution is 9.10. The van der Waals surface area contributed by atoms with Crippen LogP contribution in [0, 0.1) is 5.82 Å². The van der Waals surface area contributed by atoms with Crippen molar-refractivity contribution in [3.8, 4) is 0 Å². The molecule has 0 atom stereocenters. The van der Waals surface area contributed by atoms with Crippen LogP contribution >= 0.6 is 28.1 Å². The van der Waals surface area contributed by atoms with E-state index in [9.17, 15) is 4.39 Å². The zero-order valence-electron chi connectivity index (χ0n) is 10.7. The maximum absolute atomic E-state index is 13.0. The van der Waals surface area contributed by atoms with Crippen molar-refractivity contribution in [2.45, 2.75) is 6.42 Å². The third kappa shape index (κ3) is 4.90. The fraction of sp³-hybridized carbons (Fsp3) is 0.133. The van der Waals surface area contributed by atoms with Crippen molar-refractivity contribution in [1.29, 1.82) is 0 Å². The first-order valence-electron chi connectivity index (χ1n) is 6.18. The summed E-state index contributed by atoms with van der Waals surface area (Å²) in [7, 11) is 0. The molecule has 0 amide bonds. The third-order valence-electron chi connectivity index (χ3n) is 2.69. The summed E-state index contributed by atoms with van der Waals surface area (Å²) in [6.07, 6.45) is 0.722. The lowest BCUT2D eigenvalue weighted by Gasteiger charge is -2.10. The zero-order chi connectivity index (χ0) is 14.4. The number of benzene rings is 2. The molecule has 0 fully saturated rings. The van der Waals surface area contributed by atoms with Gasteiger partial charge in [0.05, 0.1) is 0 Å². The second-order valence-electron chi connectivity index (χ2n) is 4.27. The Hall–Kier alpha value is -1.46. The number of hydrogen-bond acceptors (Lipinski definition) is 1. The van der Waals surface area contributed by atoms with Crippen molar-refractivity contribution in [2.24, 2.45) is 0 Å². The van der Waals surface area contributed by atoms with Crippen LogP contribution in [0.5, 0.6) is 0 Å². The van der Waals surface area contributed by atoms with Gasteiger partial charge in [0.15, 0.2) is 5.11 Å². The number of rotatable bonds is 4. The largest absolute Gasteiger partial charge is 0.362 e. The van der Waals surface area contributed by atoms with Crippen molar-refractivity contribution in [3.05, 3.63) is 64.4 Å². The Balaban J connectivity index is 1.76. The van der Waals surface area contributed by atoms with Crippen LogP contribution in [0.2, 0.25) is 0 Å². The predicted molar refractivity (Wildman–Crippen MR) is 88.5 cm³/mol. The lowest BCUT2D eigenvalue weighted by atomic mass is 10.1. The molecule has 2 rings (SSSR count). The number of nitrogens with one attached hydrogen (secondary N) is 2. The quantitative estimate of drug-likeness (QED) is 0.809. The smallest absolute Gasteiger partial charge is 0.170 e. The van der Waals surface area contributed by atoms with Crippen molar-refractivity contribution in [2.75, 3.05) is 11.9 Å². The number of anilines is 1. The Morgan fingerprint density at radius 2 is 1.90 bits per heavy atom. The molecule has 0 bridgehead atoms. The van der Waals surface area contributed by atoms with Gasteiger partial charge in [0.1, 0.15) is 5.82 Å². The van der Waals surface area contributed by atoms with E-state index in [1.807, 2.05) is 30.3 Å². The highest BCUT2D eigenvalue weighted by atomic mass is 79.9. The number of halogens is 2. The van der Waals surface area contributed by atoms with Gasteiger partial charge in [0, 0.05) is 16.7 Å². The van der Waals surface area contributed by atoms with Gasteiger partial charge < -0.3 is 10.6 Å². The molecule has 0 aliphatic carbocycles. The molecule has 2 aromatic rings. The standard InChI is InChI=1S/C15H14BrFN2S/c16-12-4-6-14(7-5-12)19-15(20)18-9-8-11-2-1-3-13(17)10-11/h1-7,10H,8-9H2,(H2,18,19,20). The monoisotopic (exact) mass is 352 g/mol. The van der Waals surface area contributed by atoms with E-state index in [4.69, 9.17) is 12.2 Å². The Bertz CT molecular complexity index is 587. The van der Waals surface area contributed by atoms with Crippen molar-refractivity contribution in [1.82, 2.24) is 5.32 Å². The first-order valence-corrected chi connectivity index (χ1v) is 7.38. The molecular weight excluding hydrogens is 339 g/mol. The van der Waals surface area contributed by atoms with Crippen LogP contribution in [0.3, 0.4) is 0 Å². The average molecular weight is 353 g/mol. The third-order valence-corrected chi connectivity index (χ3v) is 3.47. The molecule has 20 heavy (non-hydrogen) atoms. The van der Waals surface area contributed by atoms with Gasteiger partial charge in [0.25, 0.3) is 0 Å². The van der Waals surface area contributed by atoms with E-state index in [1.54, 1.807) is 6.07 Å². The molecular formula is C15H14BrFN2S. The number of hydrogen-bond donors (Lipinski definition) is 2. The fourth-order valence-corrected chi connectivity index (χ4v) is 2.21. The fourth-order valence-electron chi connectivity index (χ4n) is 1.72. The van der Waals surface area contributed by atoms with E-state index in [-0.39, 0.29) is 5.82 Å². The Labute approximate surface area is 131 Å². The first-order chi connectivity index (χ1) is 9.63. The Morgan fingerprint density at radius 1 is 1.15 bits per heavy atom. The van der Waals surface area contributed by atoms with Crippen molar-refractivity contribution < 1.29 is 4.39 Å². The van der Waals surface area contributed by atoms with E-state index < -0.39 is 0 Å². The molecule has 0 radical (unpaired) electrons. The van der Waals surface area contributed by atoms with Crippen LogP contribution < -0.4 is 10.6 Å². The summed E-state index contributed by atoms with van der Waals surface area (Å²) in [6.45, 7) is 0.659. The van der Waals surface area contributed by atoms with Crippen LogP contribution in [-0.2, 0) is 6.42 Å². The number of thiocarbonyl (C=S) groups is 1. The lowest BCUT2D eigenvalue weighted by molar-refractivity contribution is 0.625. The summed E-state index contributed by atoms with van der Waals surface area (Å²) >= 11 is 8.58. The molecule has 0 saturated heterocycles. The maximum Gasteiger partial charge on any atom is 0.170 e. The summed E-state index contributed by atoms with van der Waals surface area (Å²) in [4.78, 5) is 0. The maximum atomic E-state index is 13.0.